The molecular weight excluding hydrogens is 274 g/mol. The Balaban J connectivity index is 2.15. The van der Waals surface area contributed by atoms with Gasteiger partial charge in [-0.15, -0.1) is 0 Å². The molecule has 0 radical (unpaired) electrons. The van der Waals surface area contributed by atoms with Crippen LogP contribution in [-0.4, -0.2) is 45.1 Å². The lowest BCUT2D eigenvalue weighted by Crippen LogP contribution is -2.41. The number of hydrogen-bond acceptors (Lipinski definition) is 5. The van der Waals surface area contributed by atoms with E-state index in [9.17, 15) is 9.90 Å². The Bertz CT molecular complexity index is 602. The number of thioether (sulfide) groups is 1. The minimum atomic E-state index is -0.275. The maximum absolute atomic E-state index is 12.1. The van der Waals surface area contributed by atoms with E-state index in [4.69, 9.17) is 0 Å². The number of aliphatic hydroxyl groups excluding tert-OH is 1. The number of aromatic nitrogens is 2. The quantitative estimate of drug-likeness (QED) is 0.872. The zero-order chi connectivity index (χ0) is 14.5. The van der Waals surface area contributed by atoms with Crippen LogP contribution in [0.4, 0.5) is 0 Å². The molecule has 0 saturated heterocycles. The minimum Gasteiger partial charge on any atom is -0.395 e. The number of rotatable bonds is 5. The van der Waals surface area contributed by atoms with Gasteiger partial charge in [-0.25, -0.2) is 4.98 Å². The Morgan fingerprint density at radius 3 is 2.75 bits per heavy atom. The molecule has 1 aromatic heterocycles. The van der Waals surface area contributed by atoms with Crippen molar-refractivity contribution in [2.75, 3.05) is 12.9 Å². The highest BCUT2D eigenvalue weighted by Crippen LogP contribution is 2.12. The summed E-state index contributed by atoms with van der Waals surface area (Å²) in [6.45, 7) is 1.88. The second kappa shape index (κ2) is 6.67. The van der Waals surface area contributed by atoms with Crippen molar-refractivity contribution in [2.24, 2.45) is 0 Å². The van der Waals surface area contributed by atoms with Gasteiger partial charge in [0.25, 0.3) is 5.91 Å². The van der Waals surface area contributed by atoms with Gasteiger partial charge in [0.15, 0.2) is 0 Å². The molecule has 1 heterocycles. The number of amides is 1. The lowest BCUT2D eigenvalue weighted by molar-refractivity contribution is 0.0931. The number of benzene rings is 1. The number of para-hydroxylation sites is 2. The van der Waals surface area contributed by atoms with Crippen molar-refractivity contribution in [1.29, 1.82) is 0 Å². The maximum atomic E-state index is 12.1. The van der Waals surface area contributed by atoms with E-state index in [1.165, 1.54) is 18.0 Å². The predicted molar refractivity (Wildman–Crippen MR) is 80.9 cm³/mol. The van der Waals surface area contributed by atoms with Crippen LogP contribution in [-0.2, 0) is 0 Å². The summed E-state index contributed by atoms with van der Waals surface area (Å²) in [5.41, 5.74) is 1.74. The van der Waals surface area contributed by atoms with Crippen LogP contribution in [0, 0.1) is 0 Å². The van der Waals surface area contributed by atoms with Gasteiger partial charge in [0, 0.05) is 11.3 Å². The molecule has 106 valence electrons. The highest BCUT2D eigenvalue weighted by molar-refractivity contribution is 7.99. The lowest BCUT2D eigenvalue weighted by Gasteiger charge is -2.20. The Morgan fingerprint density at radius 2 is 2.10 bits per heavy atom. The number of hydrogen-bond donors (Lipinski definition) is 2. The van der Waals surface area contributed by atoms with Gasteiger partial charge >= 0.3 is 0 Å². The summed E-state index contributed by atoms with van der Waals surface area (Å²) in [4.78, 5) is 20.6. The molecule has 2 aromatic rings. The molecular formula is C14H17N3O2S. The Hall–Kier alpha value is -1.66. The van der Waals surface area contributed by atoms with Crippen molar-refractivity contribution in [2.45, 2.75) is 18.2 Å². The molecule has 1 aromatic carbocycles. The number of nitrogens with one attached hydrogen (secondary N) is 1. The summed E-state index contributed by atoms with van der Waals surface area (Å²) in [5, 5.41) is 12.0. The van der Waals surface area contributed by atoms with Crippen LogP contribution in [0.15, 0.2) is 30.5 Å². The highest BCUT2D eigenvalue weighted by atomic mass is 32.2. The Morgan fingerprint density at radius 1 is 1.40 bits per heavy atom. The van der Waals surface area contributed by atoms with Crippen molar-refractivity contribution in [3.63, 3.8) is 0 Å². The van der Waals surface area contributed by atoms with Crippen molar-refractivity contribution in [3.05, 3.63) is 36.2 Å². The zero-order valence-electron chi connectivity index (χ0n) is 11.4. The van der Waals surface area contributed by atoms with E-state index < -0.39 is 0 Å². The van der Waals surface area contributed by atoms with E-state index in [0.717, 1.165) is 5.52 Å². The molecule has 2 rings (SSSR count). The van der Waals surface area contributed by atoms with Gasteiger partial charge in [-0.1, -0.05) is 12.1 Å². The Labute approximate surface area is 121 Å². The van der Waals surface area contributed by atoms with Crippen molar-refractivity contribution in [3.8, 4) is 0 Å². The SMILES string of the molecule is CSC(CO)C(C)NC(=O)c1cnc2ccccc2n1. The first-order chi connectivity index (χ1) is 9.65. The smallest absolute Gasteiger partial charge is 0.271 e. The molecule has 0 bridgehead atoms. The minimum absolute atomic E-state index is 0.0199. The third-order valence-corrected chi connectivity index (χ3v) is 4.24. The van der Waals surface area contributed by atoms with Crippen molar-refractivity contribution in [1.82, 2.24) is 15.3 Å². The number of carbonyl (C=O) groups is 1. The summed E-state index contributed by atoms with van der Waals surface area (Å²) >= 11 is 1.52. The fraction of sp³-hybridized carbons (Fsp3) is 0.357. The van der Waals surface area contributed by atoms with Crippen molar-refractivity contribution < 1.29 is 9.90 Å². The van der Waals surface area contributed by atoms with Crippen LogP contribution in [0.3, 0.4) is 0 Å². The monoisotopic (exact) mass is 291 g/mol. The molecule has 2 N–H and O–H groups in total. The van der Waals surface area contributed by atoms with Gasteiger partial charge in [-0.3, -0.25) is 9.78 Å². The van der Waals surface area contributed by atoms with Gasteiger partial charge in [0.2, 0.25) is 0 Å². The van der Waals surface area contributed by atoms with Gasteiger partial charge < -0.3 is 10.4 Å². The highest BCUT2D eigenvalue weighted by Gasteiger charge is 2.19. The summed E-state index contributed by atoms with van der Waals surface area (Å²) in [6.07, 6.45) is 3.37. The summed E-state index contributed by atoms with van der Waals surface area (Å²) in [7, 11) is 0. The van der Waals surface area contributed by atoms with Crippen LogP contribution in [0.1, 0.15) is 17.4 Å². The van der Waals surface area contributed by atoms with Crippen LogP contribution < -0.4 is 5.32 Å². The number of carbonyl (C=O) groups excluding carboxylic acids is 1. The second-order valence-corrected chi connectivity index (χ2v) is 5.54. The zero-order valence-corrected chi connectivity index (χ0v) is 12.2. The standard InChI is InChI=1S/C14H17N3O2S/c1-9(13(8-18)20-2)16-14(19)12-7-15-10-5-3-4-6-11(10)17-12/h3-7,9,13,18H,8H2,1-2H3,(H,16,19). The predicted octanol–water partition coefficient (Wildman–Crippen LogP) is 1.47. The van der Waals surface area contributed by atoms with E-state index in [1.807, 2.05) is 37.4 Å². The first-order valence-corrected chi connectivity index (χ1v) is 7.60. The molecule has 6 heteroatoms. The fourth-order valence-corrected chi connectivity index (χ4v) is 2.50. The largest absolute Gasteiger partial charge is 0.395 e. The van der Waals surface area contributed by atoms with E-state index in [-0.39, 0.29) is 29.5 Å². The first kappa shape index (κ1) is 14.7. The van der Waals surface area contributed by atoms with Gasteiger partial charge in [-0.2, -0.15) is 11.8 Å². The van der Waals surface area contributed by atoms with Crippen molar-refractivity contribution >= 4 is 28.7 Å². The summed E-state index contributed by atoms with van der Waals surface area (Å²) in [6, 6.07) is 7.26. The average molecular weight is 291 g/mol. The van der Waals surface area contributed by atoms with Gasteiger partial charge in [-0.05, 0) is 25.3 Å². The molecule has 0 saturated carbocycles. The molecule has 2 atom stereocenters. The molecule has 20 heavy (non-hydrogen) atoms. The van der Waals surface area contributed by atoms with E-state index >= 15 is 0 Å². The van der Waals surface area contributed by atoms with Gasteiger partial charge in [0.05, 0.1) is 23.8 Å². The van der Waals surface area contributed by atoms with E-state index in [0.29, 0.717) is 5.52 Å². The molecule has 0 aliphatic rings. The maximum Gasteiger partial charge on any atom is 0.271 e. The first-order valence-electron chi connectivity index (χ1n) is 6.32. The number of aliphatic hydroxyl groups is 1. The fourth-order valence-electron chi connectivity index (χ4n) is 1.88. The van der Waals surface area contributed by atoms with E-state index in [1.54, 1.807) is 0 Å². The number of nitrogens with zero attached hydrogens (tertiary/aromatic N) is 2. The molecule has 0 spiro atoms. The summed E-state index contributed by atoms with van der Waals surface area (Å²) < 4.78 is 0. The molecule has 2 unspecified atom stereocenters. The third kappa shape index (κ3) is 3.26. The molecule has 0 aliphatic heterocycles. The second-order valence-electron chi connectivity index (χ2n) is 4.46. The Kier molecular flexibility index (Phi) is 4.92. The van der Waals surface area contributed by atoms with Crippen LogP contribution in [0.25, 0.3) is 11.0 Å². The average Bonchev–Trinajstić information content (AvgIpc) is 2.48. The molecule has 0 fully saturated rings. The number of fused-ring (bicyclic) bond motifs is 1. The van der Waals surface area contributed by atoms with E-state index in [2.05, 4.69) is 15.3 Å². The molecule has 0 aliphatic carbocycles. The lowest BCUT2D eigenvalue weighted by atomic mass is 10.2. The molecule has 5 nitrogen and oxygen atoms in total. The molecule has 1 amide bonds. The van der Waals surface area contributed by atoms with Gasteiger partial charge in [0.1, 0.15) is 5.69 Å². The van der Waals surface area contributed by atoms with Crippen LogP contribution >= 0.6 is 11.8 Å². The normalized spacial score (nSPS) is 13.9. The third-order valence-electron chi connectivity index (χ3n) is 3.08. The van der Waals surface area contributed by atoms with Crippen LogP contribution in [0.2, 0.25) is 0 Å². The topological polar surface area (TPSA) is 75.1 Å². The summed E-state index contributed by atoms with van der Waals surface area (Å²) in [5.74, 6) is -0.275. The van der Waals surface area contributed by atoms with Crippen LogP contribution in [0.5, 0.6) is 0 Å².